The molecule has 8 heteroatoms. The lowest BCUT2D eigenvalue weighted by molar-refractivity contribution is 0.112. The molecule has 4 heterocycles. The van der Waals surface area contributed by atoms with Crippen molar-refractivity contribution in [1.82, 2.24) is 9.97 Å². The number of thiophene rings is 2. The zero-order valence-electron chi connectivity index (χ0n) is 22.3. The summed E-state index contributed by atoms with van der Waals surface area (Å²) in [6.45, 7) is 9.08. The SMILES string of the molecule is CCCCC(CC)Cc1cc(-c2nc3sc(-c4cc(CC(CC)CCCC)c(C=O)s4)nc3s2)sc1Br. The lowest BCUT2D eigenvalue weighted by Gasteiger charge is -2.13. The van der Waals surface area contributed by atoms with Crippen LogP contribution in [0.3, 0.4) is 0 Å². The second-order valence-corrected chi connectivity index (χ2v) is 15.3. The molecule has 2 atom stereocenters. The van der Waals surface area contributed by atoms with E-state index < -0.39 is 0 Å². The van der Waals surface area contributed by atoms with E-state index in [2.05, 4.69) is 55.8 Å². The van der Waals surface area contributed by atoms with Gasteiger partial charge in [-0.15, -0.1) is 22.7 Å². The minimum atomic E-state index is 0.638. The van der Waals surface area contributed by atoms with Crippen LogP contribution in [0.2, 0.25) is 0 Å². The molecule has 0 fully saturated rings. The Morgan fingerprint density at radius 3 is 1.81 bits per heavy atom. The van der Waals surface area contributed by atoms with E-state index in [1.165, 1.54) is 64.7 Å². The second-order valence-electron chi connectivity index (χ2n) is 9.92. The Morgan fingerprint density at radius 1 is 0.784 bits per heavy atom. The molecule has 0 aliphatic rings. The zero-order chi connectivity index (χ0) is 26.4. The summed E-state index contributed by atoms with van der Waals surface area (Å²) in [6.07, 6.45) is 13.1. The van der Waals surface area contributed by atoms with Crippen molar-refractivity contribution in [1.29, 1.82) is 0 Å². The van der Waals surface area contributed by atoms with Gasteiger partial charge in [-0.05, 0) is 63.9 Å². The van der Waals surface area contributed by atoms with E-state index in [0.717, 1.165) is 60.9 Å². The van der Waals surface area contributed by atoms with Crippen molar-refractivity contribution in [2.75, 3.05) is 0 Å². The van der Waals surface area contributed by atoms with Gasteiger partial charge in [-0.2, -0.15) is 0 Å². The Bertz CT molecular complexity index is 1270. The number of halogens is 1. The summed E-state index contributed by atoms with van der Waals surface area (Å²) < 4.78 is 1.24. The fourth-order valence-electron chi connectivity index (χ4n) is 4.82. The Balaban J connectivity index is 1.52. The highest BCUT2D eigenvalue weighted by molar-refractivity contribution is 9.11. The maximum Gasteiger partial charge on any atom is 0.160 e. The first kappa shape index (κ1) is 29.1. The number of hydrogen-bond donors (Lipinski definition) is 0. The van der Waals surface area contributed by atoms with Crippen molar-refractivity contribution in [3.05, 3.63) is 31.9 Å². The molecule has 3 nitrogen and oxygen atoms in total. The highest BCUT2D eigenvalue weighted by Gasteiger charge is 2.20. The monoisotopic (exact) mass is 636 g/mol. The number of aldehydes is 1. The Morgan fingerprint density at radius 2 is 1.30 bits per heavy atom. The summed E-state index contributed by atoms with van der Waals surface area (Å²) in [4.78, 5) is 26.9. The third-order valence-corrected chi connectivity index (χ3v) is 12.6. The summed E-state index contributed by atoms with van der Waals surface area (Å²) in [5.41, 5.74) is 2.59. The minimum absolute atomic E-state index is 0.638. The van der Waals surface area contributed by atoms with Crippen LogP contribution in [0.15, 0.2) is 15.9 Å². The van der Waals surface area contributed by atoms with Crippen LogP contribution in [0.4, 0.5) is 0 Å². The quantitative estimate of drug-likeness (QED) is 0.122. The topological polar surface area (TPSA) is 42.9 Å². The van der Waals surface area contributed by atoms with Crippen molar-refractivity contribution >= 4 is 77.2 Å². The smallest absolute Gasteiger partial charge is 0.160 e. The number of fused-ring (bicyclic) bond motifs is 1. The Kier molecular flexibility index (Phi) is 10.9. The van der Waals surface area contributed by atoms with Crippen LogP contribution < -0.4 is 0 Å². The lowest BCUT2D eigenvalue weighted by Crippen LogP contribution is -2.04. The summed E-state index contributed by atoms with van der Waals surface area (Å²) in [7, 11) is 0. The number of hydrogen-bond acceptors (Lipinski definition) is 7. The normalized spacial score (nSPS) is 13.4. The summed E-state index contributed by atoms with van der Waals surface area (Å²) >= 11 is 10.5. The molecule has 200 valence electrons. The maximum atomic E-state index is 11.8. The van der Waals surface area contributed by atoms with E-state index >= 15 is 0 Å². The van der Waals surface area contributed by atoms with Gasteiger partial charge in [0, 0.05) is 0 Å². The highest BCUT2D eigenvalue weighted by atomic mass is 79.9. The van der Waals surface area contributed by atoms with Crippen LogP contribution in [0.1, 0.15) is 99.9 Å². The Hall–Kier alpha value is -0.930. The van der Waals surface area contributed by atoms with Crippen molar-refractivity contribution in [3.8, 4) is 19.8 Å². The van der Waals surface area contributed by atoms with E-state index in [1.807, 2.05) is 0 Å². The standard InChI is InChI=1S/C29H37BrN2OS4/c1-5-9-11-18(7-3)13-20-15-22(34-24(20)17-33)26-31-28-29(36-26)32-27(37-28)23-16-21(25(30)35-23)14-19(8-4)12-10-6-2/h15-19H,5-14H2,1-4H3. The van der Waals surface area contributed by atoms with Crippen LogP contribution in [-0.4, -0.2) is 16.3 Å². The third kappa shape index (κ3) is 7.18. The molecule has 37 heavy (non-hydrogen) atoms. The summed E-state index contributed by atoms with van der Waals surface area (Å²) in [5.74, 6) is 1.38. The predicted octanol–water partition coefficient (Wildman–Crippen LogP) is 11.3. The van der Waals surface area contributed by atoms with Crippen molar-refractivity contribution in [2.24, 2.45) is 11.8 Å². The van der Waals surface area contributed by atoms with Crippen LogP contribution >= 0.6 is 61.3 Å². The highest BCUT2D eigenvalue weighted by Crippen LogP contribution is 2.43. The second kappa shape index (κ2) is 13.9. The molecule has 0 amide bonds. The van der Waals surface area contributed by atoms with Gasteiger partial charge in [0.15, 0.2) is 15.9 Å². The number of aromatic nitrogens is 2. The van der Waals surface area contributed by atoms with Crippen molar-refractivity contribution in [3.63, 3.8) is 0 Å². The first-order chi connectivity index (χ1) is 18.0. The molecule has 0 aliphatic carbocycles. The van der Waals surface area contributed by atoms with E-state index in [4.69, 9.17) is 9.97 Å². The average molecular weight is 638 g/mol. The number of rotatable bonds is 15. The molecular formula is C29H37BrN2OS4. The van der Waals surface area contributed by atoms with Gasteiger partial charge in [0.05, 0.1) is 18.4 Å². The van der Waals surface area contributed by atoms with Gasteiger partial charge in [-0.1, -0.05) is 102 Å². The Labute approximate surface area is 245 Å². The first-order valence-corrected chi connectivity index (χ1v) is 17.7. The van der Waals surface area contributed by atoms with Crippen LogP contribution in [0, 0.1) is 11.8 Å². The van der Waals surface area contributed by atoms with Gasteiger partial charge >= 0.3 is 0 Å². The number of nitrogens with zero attached hydrogens (tertiary/aromatic N) is 2. The molecule has 4 aromatic rings. The maximum absolute atomic E-state index is 11.8. The van der Waals surface area contributed by atoms with Crippen LogP contribution in [0.5, 0.6) is 0 Å². The first-order valence-electron chi connectivity index (χ1n) is 13.6. The molecule has 2 unspecified atom stereocenters. The predicted molar refractivity (Wildman–Crippen MR) is 169 cm³/mol. The number of carbonyl (C=O) groups is 1. The van der Waals surface area contributed by atoms with E-state index in [0.29, 0.717) is 5.92 Å². The molecule has 4 aromatic heterocycles. The van der Waals surface area contributed by atoms with Gasteiger partial charge in [0.1, 0.15) is 10.0 Å². The van der Waals surface area contributed by atoms with E-state index in [9.17, 15) is 4.79 Å². The average Bonchev–Trinajstić information content (AvgIpc) is 3.66. The van der Waals surface area contributed by atoms with Crippen LogP contribution in [-0.2, 0) is 12.8 Å². The third-order valence-electron chi connectivity index (χ3n) is 7.21. The fourth-order valence-corrected chi connectivity index (χ4v) is 9.68. The molecule has 0 saturated heterocycles. The zero-order valence-corrected chi connectivity index (χ0v) is 27.1. The fraction of sp³-hybridized carbons (Fsp3) is 0.552. The summed E-state index contributed by atoms with van der Waals surface area (Å²) in [6, 6.07) is 4.54. The molecule has 0 bridgehead atoms. The van der Waals surface area contributed by atoms with Crippen molar-refractivity contribution in [2.45, 2.75) is 91.9 Å². The van der Waals surface area contributed by atoms with Gasteiger partial charge in [0.2, 0.25) is 0 Å². The molecule has 0 N–H and O–H groups in total. The number of thiazole rings is 2. The minimum Gasteiger partial charge on any atom is -0.297 e. The molecule has 0 aromatic carbocycles. The molecule has 4 rings (SSSR count). The van der Waals surface area contributed by atoms with Gasteiger partial charge in [-0.3, -0.25) is 4.79 Å². The lowest BCUT2D eigenvalue weighted by atomic mass is 9.92. The number of unbranched alkanes of at least 4 members (excludes halogenated alkanes) is 2. The molecule has 0 spiro atoms. The largest absolute Gasteiger partial charge is 0.297 e. The van der Waals surface area contributed by atoms with Gasteiger partial charge in [-0.25, -0.2) is 9.97 Å². The van der Waals surface area contributed by atoms with E-state index in [-0.39, 0.29) is 0 Å². The molecule has 0 saturated carbocycles. The molecule has 0 radical (unpaired) electrons. The summed E-state index contributed by atoms with van der Waals surface area (Å²) in [5, 5.41) is 2.04. The van der Waals surface area contributed by atoms with Gasteiger partial charge < -0.3 is 0 Å². The van der Waals surface area contributed by atoms with Gasteiger partial charge in [0.25, 0.3) is 0 Å². The number of carbonyl (C=O) groups excluding carboxylic acids is 1. The van der Waals surface area contributed by atoms with Crippen molar-refractivity contribution < 1.29 is 4.79 Å². The van der Waals surface area contributed by atoms with E-state index in [1.54, 1.807) is 45.3 Å². The molecular weight excluding hydrogens is 601 g/mol. The molecule has 0 aliphatic heterocycles. The van der Waals surface area contributed by atoms with Crippen LogP contribution in [0.25, 0.3) is 29.4 Å².